The lowest BCUT2D eigenvalue weighted by atomic mass is 10.1. The zero-order valence-corrected chi connectivity index (χ0v) is 20.9. The summed E-state index contributed by atoms with van der Waals surface area (Å²) in [7, 11) is -1.10. The van der Waals surface area contributed by atoms with Crippen LogP contribution in [0.1, 0.15) is 32.3 Å². The standard InChI is InChI=1S/C24H31N7O2S/c1-24(2,32)16-33-21-15-31-23(18(12-25)14-27-31)22(28-21)17-6-7-20(26-13-17)30-10-8-19(9-11-30)29-34(3,4)5/h6-7,13-15,19,32H,3,8-11,16H2,1-2,4-5H3. The first-order valence-electron chi connectivity index (χ1n) is 11.2. The van der Waals surface area contributed by atoms with Crippen LogP contribution >= 0.6 is 0 Å². The van der Waals surface area contributed by atoms with Gasteiger partial charge in [-0.15, -0.1) is 9.41 Å². The highest BCUT2D eigenvalue weighted by molar-refractivity contribution is 8.01. The number of pyridine rings is 1. The number of nitrogens with zero attached hydrogens (tertiary/aromatic N) is 7. The molecule has 0 aliphatic carbocycles. The first kappa shape index (κ1) is 24.0. The first-order chi connectivity index (χ1) is 16.0. The third-order valence-corrected chi connectivity index (χ3v) is 6.28. The van der Waals surface area contributed by atoms with Gasteiger partial charge in [0.2, 0.25) is 5.88 Å². The van der Waals surface area contributed by atoms with Crippen molar-refractivity contribution in [1.29, 1.82) is 5.26 Å². The van der Waals surface area contributed by atoms with E-state index in [1.807, 2.05) is 12.1 Å². The average Bonchev–Trinajstić information content (AvgIpc) is 3.19. The van der Waals surface area contributed by atoms with E-state index in [9.17, 15) is 10.4 Å². The van der Waals surface area contributed by atoms with E-state index in [2.05, 4.69) is 39.4 Å². The Morgan fingerprint density at radius 1 is 1.29 bits per heavy atom. The van der Waals surface area contributed by atoms with Crippen LogP contribution in [0.5, 0.6) is 5.88 Å². The molecular formula is C24H31N7O2S. The molecule has 9 nitrogen and oxygen atoms in total. The molecule has 4 rings (SSSR count). The summed E-state index contributed by atoms with van der Waals surface area (Å²) in [6.07, 6.45) is 11.1. The van der Waals surface area contributed by atoms with Crippen LogP contribution in [0, 0.1) is 11.3 Å². The number of piperidine rings is 1. The molecular weight excluding hydrogens is 450 g/mol. The molecule has 0 aromatic carbocycles. The monoisotopic (exact) mass is 481 g/mol. The molecule has 0 unspecified atom stereocenters. The normalized spacial score (nSPS) is 15.4. The Morgan fingerprint density at radius 2 is 2.03 bits per heavy atom. The van der Waals surface area contributed by atoms with Gasteiger partial charge in [-0.05, 0) is 51.3 Å². The Balaban J connectivity index is 1.60. The van der Waals surface area contributed by atoms with Gasteiger partial charge in [0.1, 0.15) is 35.3 Å². The number of hydrogen-bond donors (Lipinski definition) is 1. The van der Waals surface area contributed by atoms with Crippen LogP contribution in [0.25, 0.3) is 16.8 Å². The van der Waals surface area contributed by atoms with Crippen LogP contribution in [0.15, 0.2) is 35.1 Å². The van der Waals surface area contributed by atoms with Crippen molar-refractivity contribution in [3.8, 4) is 23.2 Å². The van der Waals surface area contributed by atoms with E-state index in [0.717, 1.165) is 37.3 Å². The summed E-state index contributed by atoms with van der Waals surface area (Å²) in [4.78, 5) is 11.6. The Bertz CT molecular complexity index is 1330. The minimum Gasteiger partial charge on any atom is -0.474 e. The third kappa shape index (κ3) is 5.66. The second kappa shape index (κ2) is 9.24. The maximum atomic E-state index is 10.0. The average molecular weight is 482 g/mol. The van der Waals surface area contributed by atoms with Gasteiger partial charge in [-0.25, -0.2) is 14.5 Å². The summed E-state index contributed by atoms with van der Waals surface area (Å²) in [5.41, 5.74) is 1.31. The van der Waals surface area contributed by atoms with Gasteiger partial charge in [-0.3, -0.25) is 4.36 Å². The zero-order chi connectivity index (χ0) is 24.5. The van der Waals surface area contributed by atoms with Crippen molar-refractivity contribution in [3.63, 3.8) is 0 Å². The van der Waals surface area contributed by atoms with Gasteiger partial charge in [0.15, 0.2) is 0 Å². The maximum absolute atomic E-state index is 10.0. The minimum absolute atomic E-state index is 0.0729. The number of fused-ring (bicyclic) bond motifs is 1. The molecule has 0 bridgehead atoms. The summed E-state index contributed by atoms with van der Waals surface area (Å²) < 4.78 is 12.2. The fraction of sp³-hybridized carbons (Fsp3) is 0.458. The van der Waals surface area contributed by atoms with Gasteiger partial charge < -0.3 is 14.7 Å². The second-order valence-electron chi connectivity index (χ2n) is 9.70. The maximum Gasteiger partial charge on any atom is 0.233 e. The second-order valence-corrected chi connectivity index (χ2v) is 12.9. The SMILES string of the molecule is C=S(C)(C)=NC1CCN(c2ccc(-c3nc(OCC(C)(C)O)cn4ncc(C#N)c34)cn2)CC1. The molecule has 1 N–H and O–H groups in total. The number of ether oxygens (including phenoxy) is 1. The highest BCUT2D eigenvalue weighted by atomic mass is 32.2. The van der Waals surface area contributed by atoms with E-state index in [1.54, 1.807) is 30.8 Å². The van der Waals surface area contributed by atoms with Gasteiger partial charge in [-0.1, -0.05) is 5.87 Å². The van der Waals surface area contributed by atoms with Crippen LogP contribution in [-0.2, 0) is 9.41 Å². The van der Waals surface area contributed by atoms with Crippen molar-refractivity contribution in [2.24, 2.45) is 4.36 Å². The molecule has 0 saturated carbocycles. The fourth-order valence-corrected chi connectivity index (χ4v) is 4.93. The fourth-order valence-electron chi connectivity index (χ4n) is 3.91. The first-order valence-corrected chi connectivity index (χ1v) is 13.7. The van der Waals surface area contributed by atoms with E-state index in [1.165, 1.54) is 6.20 Å². The van der Waals surface area contributed by atoms with Crippen LogP contribution in [0.3, 0.4) is 0 Å². The molecule has 3 aromatic heterocycles. The van der Waals surface area contributed by atoms with Crippen molar-refractivity contribution < 1.29 is 9.84 Å². The van der Waals surface area contributed by atoms with Crippen LogP contribution < -0.4 is 9.64 Å². The molecule has 0 atom stereocenters. The lowest BCUT2D eigenvalue weighted by molar-refractivity contribution is 0.0267. The number of hydrogen-bond acceptors (Lipinski definition) is 8. The summed E-state index contributed by atoms with van der Waals surface area (Å²) in [6, 6.07) is 6.48. The smallest absolute Gasteiger partial charge is 0.233 e. The van der Waals surface area contributed by atoms with Crippen molar-refractivity contribution in [1.82, 2.24) is 19.6 Å². The van der Waals surface area contributed by atoms with Gasteiger partial charge in [0, 0.05) is 24.8 Å². The molecule has 0 radical (unpaired) electrons. The van der Waals surface area contributed by atoms with Gasteiger partial charge in [-0.2, -0.15) is 10.4 Å². The Kier molecular flexibility index (Phi) is 6.51. The topological polar surface area (TPSA) is 112 Å². The molecule has 10 heteroatoms. The summed E-state index contributed by atoms with van der Waals surface area (Å²) in [5.74, 6) is 5.39. The molecule has 0 spiro atoms. The predicted molar refractivity (Wildman–Crippen MR) is 137 cm³/mol. The number of aromatic nitrogens is 4. The molecule has 0 amide bonds. The van der Waals surface area contributed by atoms with Crippen molar-refractivity contribution in [2.45, 2.75) is 38.3 Å². The van der Waals surface area contributed by atoms with Crippen molar-refractivity contribution in [3.05, 3.63) is 36.3 Å². The molecule has 4 heterocycles. The van der Waals surface area contributed by atoms with Gasteiger partial charge >= 0.3 is 0 Å². The number of nitriles is 1. The van der Waals surface area contributed by atoms with Gasteiger partial charge in [0.25, 0.3) is 0 Å². The Morgan fingerprint density at radius 3 is 2.62 bits per heavy atom. The van der Waals surface area contributed by atoms with Crippen LogP contribution in [0.2, 0.25) is 0 Å². The number of rotatable bonds is 6. The van der Waals surface area contributed by atoms with E-state index in [4.69, 9.17) is 14.1 Å². The largest absolute Gasteiger partial charge is 0.474 e. The minimum atomic E-state index is -1.10. The number of anilines is 1. The molecule has 1 saturated heterocycles. The molecule has 1 aliphatic rings. The lowest BCUT2D eigenvalue weighted by Gasteiger charge is -2.31. The summed E-state index contributed by atoms with van der Waals surface area (Å²) in [5, 5.41) is 23.8. The Hall–Kier alpha value is -3.16. The van der Waals surface area contributed by atoms with E-state index in [0.29, 0.717) is 28.7 Å². The predicted octanol–water partition coefficient (Wildman–Crippen LogP) is 2.81. The quantitative estimate of drug-likeness (QED) is 0.539. The lowest BCUT2D eigenvalue weighted by Crippen LogP contribution is -2.36. The molecule has 3 aromatic rings. The van der Waals surface area contributed by atoms with Crippen LogP contribution in [0.4, 0.5) is 5.82 Å². The molecule has 180 valence electrons. The van der Waals surface area contributed by atoms with Crippen molar-refractivity contribution >= 4 is 26.6 Å². The van der Waals surface area contributed by atoms with Crippen LogP contribution in [-0.4, -0.2) is 74.4 Å². The van der Waals surface area contributed by atoms with E-state index < -0.39 is 15.0 Å². The summed E-state index contributed by atoms with van der Waals surface area (Å²) in [6.45, 7) is 5.20. The summed E-state index contributed by atoms with van der Waals surface area (Å²) >= 11 is 0. The molecule has 1 fully saturated rings. The number of aliphatic hydroxyl groups is 1. The van der Waals surface area contributed by atoms with E-state index >= 15 is 0 Å². The van der Waals surface area contributed by atoms with Crippen molar-refractivity contribution in [2.75, 3.05) is 37.1 Å². The highest BCUT2D eigenvalue weighted by Gasteiger charge is 2.21. The third-order valence-electron chi connectivity index (χ3n) is 5.41. The van der Waals surface area contributed by atoms with E-state index in [-0.39, 0.29) is 6.61 Å². The molecule has 1 aliphatic heterocycles. The van der Waals surface area contributed by atoms with Gasteiger partial charge in [0.05, 0.1) is 24.0 Å². The molecule has 34 heavy (non-hydrogen) atoms. The Labute approximate surface area is 200 Å². The zero-order valence-electron chi connectivity index (χ0n) is 20.1. The highest BCUT2D eigenvalue weighted by Crippen LogP contribution is 2.29.